The van der Waals surface area contributed by atoms with Crippen LogP contribution >= 0.6 is 7.82 Å². The SMILES string of the molecule is CC/C=C\C/C=C\C/C=C\C/C=C\CCCCCCC(=O)O[C@H](COC(=O)CC/C=C\C/C=C\C/C=C\C/C=C\C/C=C\CCCCC)COP(=O)([O-])OCC[N+](C)(C)C. The van der Waals surface area contributed by atoms with Crippen molar-refractivity contribution in [3.63, 3.8) is 0 Å². The molecule has 10 heteroatoms. The molecule has 1 unspecified atom stereocenters. The van der Waals surface area contributed by atoms with Gasteiger partial charge in [0, 0.05) is 12.8 Å². The van der Waals surface area contributed by atoms with Crippen LogP contribution in [0.4, 0.5) is 0 Å². The van der Waals surface area contributed by atoms with Crippen LogP contribution in [0.3, 0.4) is 0 Å². The third-order valence-corrected chi connectivity index (χ3v) is 9.75. The number of esters is 2. The molecule has 0 saturated heterocycles. The number of allylic oxidation sites excluding steroid dienone is 18. The van der Waals surface area contributed by atoms with E-state index in [0.29, 0.717) is 23.9 Å². The Labute approximate surface area is 366 Å². The number of unbranched alkanes of at least 4 members (excludes halogenated alkanes) is 7. The molecule has 0 aliphatic rings. The summed E-state index contributed by atoms with van der Waals surface area (Å²) in [6, 6.07) is 0. The lowest BCUT2D eigenvalue weighted by molar-refractivity contribution is -0.870. The first-order valence-corrected chi connectivity index (χ1v) is 24.1. The zero-order valence-electron chi connectivity index (χ0n) is 38.1. The maximum absolute atomic E-state index is 12.7. The summed E-state index contributed by atoms with van der Waals surface area (Å²) >= 11 is 0. The molecule has 0 aromatic rings. The average molecular weight is 856 g/mol. The molecular formula is C50H82NO8P. The van der Waals surface area contributed by atoms with Gasteiger partial charge in [0.15, 0.2) is 6.10 Å². The Morgan fingerprint density at radius 1 is 0.533 bits per heavy atom. The van der Waals surface area contributed by atoms with Gasteiger partial charge in [0.1, 0.15) is 19.8 Å². The van der Waals surface area contributed by atoms with Crippen molar-refractivity contribution >= 4 is 19.8 Å². The largest absolute Gasteiger partial charge is 0.756 e. The zero-order valence-corrected chi connectivity index (χ0v) is 39.0. The standard InChI is InChI=1S/C50H82NO8P/c1-6-8-10-12-14-16-18-20-22-24-25-27-28-30-32-34-36-38-40-42-49(52)56-46-48(47-58-60(54,55)57-45-44-51(3,4)5)59-50(53)43-41-39-37-35-33-31-29-26-23-21-19-17-15-13-11-9-7-2/h9,11,14-17,20-23,25,27,29-32,36,38,48H,6-8,10,12-13,18-19,24,26,28,33-35,37,39-47H2,1-5H3/b11-9-,16-14-,17-15-,22-20-,23-21-,27-25-,31-29-,32-30-,38-36-/t48-/m1/s1. The van der Waals surface area contributed by atoms with Crippen molar-refractivity contribution in [2.45, 2.75) is 148 Å². The van der Waals surface area contributed by atoms with Crippen molar-refractivity contribution < 1.29 is 42.1 Å². The Hall–Kier alpha value is -3.33. The molecule has 0 saturated carbocycles. The molecule has 2 atom stereocenters. The van der Waals surface area contributed by atoms with E-state index in [2.05, 4.69) is 111 Å². The Morgan fingerprint density at radius 2 is 0.983 bits per heavy atom. The van der Waals surface area contributed by atoms with E-state index in [4.69, 9.17) is 18.5 Å². The quantitative estimate of drug-likeness (QED) is 0.0198. The third-order valence-electron chi connectivity index (χ3n) is 8.79. The van der Waals surface area contributed by atoms with Gasteiger partial charge in [-0.1, -0.05) is 149 Å². The van der Waals surface area contributed by atoms with Gasteiger partial charge in [0.05, 0.1) is 27.7 Å². The second-order valence-electron chi connectivity index (χ2n) is 15.7. The molecule has 0 N–H and O–H groups in total. The summed E-state index contributed by atoms with van der Waals surface area (Å²) in [6.45, 7) is 3.94. The van der Waals surface area contributed by atoms with Gasteiger partial charge in [-0.25, -0.2) is 0 Å². The second kappa shape index (κ2) is 41.0. The van der Waals surface area contributed by atoms with Crippen LogP contribution in [0.5, 0.6) is 0 Å². The summed E-state index contributed by atoms with van der Waals surface area (Å²) < 4.78 is 33.8. The molecule has 0 aliphatic carbocycles. The topological polar surface area (TPSA) is 111 Å². The van der Waals surface area contributed by atoms with Crippen LogP contribution in [0.25, 0.3) is 0 Å². The van der Waals surface area contributed by atoms with E-state index in [0.717, 1.165) is 77.0 Å². The van der Waals surface area contributed by atoms with Crippen molar-refractivity contribution in [1.82, 2.24) is 0 Å². The van der Waals surface area contributed by atoms with Crippen LogP contribution in [0.1, 0.15) is 142 Å². The monoisotopic (exact) mass is 856 g/mol. The Balaban J connectivity index is 4.54. The smallest absolute Gasteiger partial charge is 0.306 e. The lowest BCUT2D eigenvalue weighted by Gasteiger charge is -2.28. The van der Waals surface area contributed by atoms with Crippen molar-refractivity contribution in [2.75, 3.05) is 47.5 Å². The predicted octanol–water partition coefficient (Wildman–Crippen LogP) is 12.5. The fourth-order valence-electron chi connectivity index (χ4n) is 5.27. The first-order chi connectivity index (χ1) is 29.0. The van der Waals surface area contributed by atoms with Gasteiger partial charge in [-0.15, -0.1) is 0 Å². The van der Waals surface area contributed by atoms with Crippen molar-refractivity contribution in [3.8, 4) is 0 Å². The minimum absolute atomic E-state index is 0.0536. The normalized spacial score (nSPS) is 14.6. The van der Waals surface area contributed by atoms with E-state index in [9.17, 15) is 19.0 Å². The molecule has 0 fully saturated rings. The van der Waals surface area contributed by atoms with Gasteiger partial charge in [-0.05, 0) is 89.9 Å². The number of likely N-dealkylation sites (N-methyl/N-ethyl adjacent to an activating group) is 1. The third kappa shape index (κ3) is 44.2. The predicted molar refractivity (Wildman–Crippen MR) is 249 cm³/mol. The number of hydrogen-bond donors (Lipinski definition) is 0. The minimum Gasteiger partial charge on any atom is -0.756 e. The molecule has 0 rings (SSSR count). The van der Waals surface area contributed by atoms with Crippen molar-refractivity contribution in [1.29, 1.82) is 0 Å². The van der Waals surface area contributed by atoms with Crippen molar-refractivity contribution in [3.05, 3.63) is 109 Å². The van der Waals surface area contributed by atoms with Gasteiger partial charge < -0.3 is 27.9 Å². The lowest BCUT2D eigenvalue weighted by atomic mass is 10.1. The fourth-order valence-corrected chi connectivity index (χ4v) is 6.00. The number of phosphoric acid groups is 1. The van der Waals surface area contributed by atoms with Gasteiger partial charge in [-0.2, -0.15) is 0 Å². The Bertz CT molecular complexity index is 1380. The first kappa shape index (κ1) is 56.7. The molecule has 0 radical (unpaired) electrons. The summed E-state index contributed by atoms with van der Waals surface area (Å²) in [5.41, 5.74) is 0. The maximum Gasteiger partial charge on any atom is 0.306 e. The highest BCUT2D eigenvalue weighted by molar-refractivity contribution is 7.45. The van der Waals surface area contributed by atoms with E-state index in [-0.39, 0.29) is 26.1 Å². The average Bonchev–Trinajstić information content (AvgIpc) is 3.20. The summed E-state index contributed by atoms with van der Waals surface area (Å²) in [4.78, 5) is 37.5. The first-order valence-electron chi connectivity index (χ1n) is 22.6. The molecule has 340 valence electrons. The van der Waals surface area contributed by atoms with Gasteiger partial charge in [-0.3, -0.25) is 14.2 Å². The highest BCUT2D eigenvalue weighted by Gasteiger charge is 2.21. The second-order valence-corrected chi connectivity index (χ2v) is 17.1. The number of carbonyl (C=O) groups is 2. The van der Waals surface area contributed by atoms with Crippen LogP contribution in [0.2, 0.25) is 0 Å². The highest BCUT2D eigenvalue weighted by Crippen LogP contribution is 2.38. The summed E-state index contributed by atoms with van der Waals surface area (Å²) in [5.74, 6) is -0.971. The number of phosphoric ester groups is 1. The highest BCUT2D eigenvalue weighted by atomic mass is 31.2. The van der Waals surface area contributed by atoms with Gasteiger partial charge in [0.2, 0.25) is 0 Å². The van der Waals surface area contributed by atoms with E-state index >= 15 is 0 Å². The van der Waals surface area contributed by atoms with E-state index in [1.54, 1.807) is 0 Å². The van der Waals surface area contributed by atoms with E-state index in [1.807, 2.05) is 33.3 Å². The number of nitrogens with zero attached hydrogens (tertiary/aromatic N) is 1. The summed E-state index contributed by atoms with van der Waals surface area (Å²) in [7, 11) is 1.09. The fraction of sp³-hybridized carbons (Fsp3) is 0.600. The van der Waals surface area contributed by atoms with E-state index in [1.165, 1.54) is 25.7 Å². The van der Waals surface area contributed by atoms with E-state index < -0.39 is 32.5 Å². The number of ether oxygens (including phenoxy) is 2. The molecular weight excluding hydrogens is 774 g/mol. The minimum atomic E-state index is -4.66. The molecule has 0 spiro atoms. The lowest BCUT2D eigenvalue weighted by Crippen LogP contribution is -2.37. The number of carbonyl (C=O) groups excluding carboxylic acids is 2. The summed E-state index contributed by atoms with van der Waals surface area (Å²) in [5, 5.41) is 0. The van der Waals surface area contributed by atoms with Crippen LogP contribution < -0.4 is 4.89 Å². The molecule has 0 heterocycles. The Kier molecular flexibility index (Phi) is 38.8. The molecule has 0 aromatic carbocycles. The van der Waals surface area contributed by atoms with Crippen molar-refractivity contribution in [2.24, 2.45) is 0 Å². The number of rotatable bonds is 39. The molecule has 60 heavy (non-hydrogen) atoms. The molecule has 0 aliphatic heterocycles. The van der Waals surface area contributed by atoms with Crippen LogP contribution in [-0.4, -0.2) is 70.0 Å². The number of quaternary nitrogens is 1. The molecule has 9 nitrogen and oxygen atoms in total. The maximum atomic E-state index is 12.7. The summed E-state index contributed by atoms with van der Waals surface area (Å²) in [6.07, 6.45) is 55.6. The number of hydrogen-bond acceptors (Lipinski definition) is 8. The molecule has 0 amide bonds. The Morgan fingerprint density at radius 3 is 1.47 bits per heavy atom. The van der Waals surface area contributed by atoms with Gasteiger partial charge in [0.25, 0.3) is 7.82 Å². The van der Waals surface area contributed by atoms with Crippen LogP contribution in [0.15, 0.2) is 109 Å². The van der Waals surface area contributed by atoms with Crippen LogP contribution in [-0.2, 0) is 32.7 Å². The van der Waals surface area contributed by atoms with Crippen LogP contribution in [0, 0.1) is 0 Å². The van der Waals surface area contributed by atoms with Gasteiger partial charge >= 0.3 is 11.9 Å². The molecule has 0 bridgehead atoms. The zero-order chi connectivity index (χ0) is 44.3. The molecule has 0 aromatic heterocycles.